The van der Waals surface area contributed by atoms with Crippen molar-refractivity contribution in [2.75, 3.05) is 13.6 Å². The fourth-order valence-corrected chi connectivity index (χ4v) is 3.61. The van der Waals surface area contributed by atoms with E-state index < -0.39 is 18.9 Å². The number of carbonyl (C=O) groups excluding carboxylic acids is 1. The van der Waals surface area contributed by atoms with Crippen molar-refractivity contribution in [1.29, 1.82) is 0 Å². The van der Waals surface area contributed by atoms with E-state index in [2.05, 4.69) is 4.98 Å². The number of benzene rings is 1. The first-order valence-electron chi connectivity index (χ1n) is 11.0. The molecule has 0 atom stereocenters. The summed E-state index contributed by atoms with van der Waals surface area (Å²) >= 11 is 1.06. The van der Waals surface area contributed by atoms with Crippen molar-refractivity contribution in [3.63, 3.8) is 0 Å². The van der Waals surface area contributed by atoms with Gasteiger partial charge in [-0.1, -0.05) is 18.2 Å². The smallest absolute Gasteiger partial charge is 0.303 e. The monoisotopic (exact) mass is 431 g/mol. The van der Waals surface area contributed by atoms with Crippen molar-refractivity contribution in [1.82, 2.24) is 9.88 Å². The molecule has 1 aromatic carbocycles. The molecule has 0 aliphatic rings. The zero-order valence-electron chi connectivity index (χ0n) is 19.2. The number of aliphatic carboxylic acids is 1. The van der Waals surface area contributed by atoms with Crippen LogP contribution in [0.1, 0.15) is 45.2 Å². The number of hydrogen-bond acceptors (Lipinski definition) is 6. The average molecular weight is 432 g/mol. The summed E-state index contributed by atoms with van der Waals surface area (Å²) < 4.78 is 34.8. The van der Waals surface area contributed by atoms with Gasteiger partial charge < -0.3 is 19.2 Å². The van der Waals surface area contributed by atoms with Crippen molar-refractivity contribution in [2.24, 2.45) is 0 Å². The highest BCUT2D eigenvalue weighted by Gasteiger charge is 2.18. The number of carboxylic acid groups (broad SMARTS) is 1. The first kappa shape index (κ1) is 17.7. The van der Waals surface area contributed by atoms with Crippen molar-refractivity contribution in [2.45, 2.75) is 32.2 Å². The summed E-state index contributed by atoms with van der Waals surface area (Å²) in [5, 5.41) is 8.74. The predicted molar refractivity (Wildman–Crippen MR) is 114 cm³/mol. The first-order valence-corrected chi connectivity index (χ1v) is 10.3. The van der Waals surface area contributed by atoms with Gasteiger partial charge in [-0.05, 0) is 37.5 Å². The van der Waals surface area contributed by atoms with Crippen LogP contribution < -0.4 is 4.74 Å². The molecular weight excluding hydrogens is 404 g/mol. The van der Waals surface area contributed by atoms with Crippen LogP contribution in [0.2, 0.25) is 0 Å². The van der Waals surface area contributed by atoms with Crippen LogP contribution in [0, 0.1) is 0 Å². The normalized spacial score (nSPS) is 12.6. The second kappa shape index (κ2) is 10.6. The summed E-state index contributed by atoms with van der Waals surface area (Å²) in [6.45, 7) is -2.50. The molecule has 3 rings (SSSR count). The Morgan fingerprint density at radius 2 is 2.10 bits per heavy atom. The van der Waals surface area contributed by atoms with Gasteiger partial charge in [0.1, 0.15) is 11.5 Å². The number of rotatable bonds is 11. The second-order valence-electron chi connectivity index (χ2n) is 6.56. The Labute approximate surface area is 183 Å². The van der Waals surface area contributed by atoms with Gasteiger partial charge in [0.15, 0.2) is 5.01 Å². The lowest BCUT2D eigenvalue weighted by Crippen LogP contribution is -2.26. The summed E-state index contributed by atoms with van der Waals surface area (Å²) in [5.41, 5.74) is 0.551. The van der Waals surface area contributed by atoms with Crippen LogP contribution in [0.4, 0.5) is 0 Å². The molecule has 30 heavy (non-hydrogen) atoms. The van der Waals surface area contributed by atoms with Crippen LogP contribution in [0.25, 0.3) is 10.6 Å². The van der Waals surface area contributed by atoms with Crippen molar-refractivity contribution < 1.29 is 28.0 Å². The summed E-state index contributed by atoms with van der Waals surface area (Å²) in [6, 6.07) is 10.4. The minimum Gasteiger partial charge on any atom is -0.493 e. The number of hydrogen-bond donors (Lipinski definition) is 1. The van der Waals surface area contributed by atoms with E-state index in [-0.39, 0.29) is 18.0 Å². The van der Waals surface area contributed by atoms with Crippen molar-refractivity contribution >= 4 is 23.2 Å². The van der Waals surface area contributed by atoms with Crippen molar-refractivity contribution in [3.8, 4) is 16.4 Å². The van der Waals surface area contributed by atoms with Gasteiger partial charge in [0.2, 0.25) is 0 Å². The number of nitrogens with zero attached hydrogens (tertiary/aromatic N) is 2. The number of aromatic nitrogens is 1. The van der Waals surface area contributed by atoms with Crippen molar-refractivity contribution in [3.05, 3.63) is 59.4 Å². The molecule has 0 aliphatic heterocycles. The number of thiazole rings is 1. The number of ether oxygens (including phenoxy) is 1. The average Bonchev–Trinajstić information content (AvgIpc) is 3.45. The van der Waals surface area contributed by atoms with Gasteiger partial charge in [0, 0.05) is 35.8 Å². The zero-order chi connectivity index (χ0) is 23.8. The molecule has 8 heteroatoms. The minimum absolute atomic E-state index is 0.0503. The van der Waals surface area contributed by atoms with Gasteiger partial charge in [-0.2, -0.15) is 0 Å². The molecule has 3 aromatic rings. The highest BCUT2D eigenvalue weighted by atomic mass is 32.1. The number of unbranched alkanes of at least 4 members (excludes halogenated alkanes) is 2. The number of amides is 1. The first-order chi connectivity index (χ1) is 15.8. The Hall–Kier alpha value is -3.13. The summed E-state index contributed by atoms with van der Waals surface area (Å²) in [7, 11) is 0. The molecule has 2 heterocycles. The van der Waals surface area contributed by atoms with Crippen LogP contribution in [0.5, 0.6) is 5.75 Å². The zero-order valence-corrected chi connectivity index (χ0v) is 17.1. The molecule has 0 aliphatic carbocycles. The Morgan fingerprint density at radius 3 is 2.87 bits per heavy atom. The maximum absolute atomic E-state index is 13.1. The molecule has 158 valence electrons. The number of para-hydroxylation sites is 1. The molecule has 0 spiro atoms. The minimum atomic E-state index is -2.68. The number of carbonyl (C=O) groups is 2. The third kappa shape index (κ3) is 5.93. The summed E-state index contributed by atoms with van der Waals surface area (Å²) in [5.74, 6) is -0.504. The summed E-state index contributed by atoms with van der Waals surface area (Å²) in [4.78, 5) is 29.2. The standard InChI is InChI=1S/C22H24N2O5S/c1-24(22(27)21-23-14-19(30-21)18-10-7-13-29-18)15-16-8-4-5-9-17(16)28-12-6-2-3-11-20(25)26/h4-5,7-10,13-14H,2-3,6,11-12,15H2,1H3,(H,25,26)/i1D3. The van der Waals surface area contributed by atoms with E-state index in [1.54, 1.807) is 36.4 Å². The SMILES string of the molecule is [2H]C([2H])([2H])N(Cc1ccccc1OCCCCCC(=O)O)C(=O)c1ncc(-c2ccco2)s1. The highest BCUT2D eigenvalue weighted by molar-refractivity contribution is 7.16. The maximum atomic E-state index is 13.1. The van der Waals surface area contributed by atoms with Crippen LogP contribution in [-0.4, -0.2) is 40.4 Å². The number of furan rings is 1. The van der Waals surface area contributed by atoms with Crippen LogP contribution in [0.15, 0.2) is 53.3 Å². The van der Waals surface area contributed by atoms with Gasteiger partial charge in [-0.15, -0.1) is 11.3 Å². The lowest BCUT2D eigenvalue weighted by Gasteiger charge is -2.18. The topological polar surface area (TPSA) is 92.9 Å². The Kier molecular flexibility index (Phi) is 6.25. The van der Waals surface area contributed by atoms with Crippen LogP contribution in [-0.2, 0) is 11.3 Å². The number of carboxylic acids is 1. The van der Waals surface area contributed by atoms with Gasteiger partial charge in [-0.3, -0.25) is 9.59 Å². The second-order valence-corrected chi connectivity index (χ2v) is 7.59. The molecule has 7 nitrogen and oxygen atoms in total. The van der Waals surface area contributed by atoms with E-state index in [0.717, 1.165) is 16.2 Å². The van der Waals surface area contributed by atoms with E-state index in [9.17, 15) is 9.59 Å². The lowest BCUT2D eigenvalue weighted by molar-refractivity contribution is -0.137. The quantitative estimate of drug-likeness (QED) is 0.443. The fraction of sp³-hybridized carbons (Fsp3) is 0.318. The van der Waals surface area contributed by atoms with Crippen LogP contribution in [0.3, 0.4) is 0 Å². The molecule has 0 saturated heterocycles. The predicted octanol–water partition coefficient (Wildman–Crippen LogP) is 4.70. The van der Waals surface area contributed by atoms with Crippen LogP contribution >= 0.6 is 11.3 Å². The van der Waals surface area contributed by atoms with E-state index in [0.29, 0.717) is 47.8 Å². The Morgan fingerprint density at radius 1 is 1.23 bits per heavy atom. The van der Waals surface area contributed by atoms with Gasteiger partial charge in [-0.25, -0.2) is 4.98 Å². The van der Waals surface area contributed by atoms with Gasteiger partial charge in [0.25, 0.3) is 5.91 Å². The van der Waals surface area contributed by atoms with Gasteiger partial charge >= 0.3 is 5.97 Å². The van der Waals surface area contributed by atoms with E-state index in [1.165, 1.54) is 12.5 Å². The molecular formula is C22H24N2O5S. The molecule has 1 N–H and O–H groups in total. The highest BCUT2D eigenvalue weighted by Crippen LogP contribution is 2.27. The third-order valence-electron chi connectivity index (χ3n) is 4.29. The maximum Gasteiger partial charge on any atom is 0.303 e. The molecule has 0 bridgehead atoms. The molecule has 0 fully saturated rings. The third-order valence-corrected chi connectivity index (χ3v) is 5.29. The largest absolute Gasteiger partial charge is 0.493 e. The molecule has 0 unspecified atom stereocenters. The van der Waals surface area contributed by atoms with Gasteiger partial charge in [0.05, 0.1) is 17.7 Å². The lowest BCUT2D eigenvalue weighted by atomic mass is 10.2. The Balaban J connectivity index is 1.70. The summed E-state index contributed by atoms with van der Waals surface area (Å²) in [6.07, 6.45) is 5.04. The molecule has 0 radical (unpaired) electrons. The van der Waals surface area contributed by atoms with E-state index in [1.807, 2.05) is 0 Å². The van der Waals surface area contributed by atoms with E-state index in [4.69, 9.17) is 18.4 Å². The Bertz CT molecular complexity index is 1070. The fourth-order valence-electron chi connectivity index (χ4n) is 2.78. The molecule has 2 aromatic heterocycles. The molecule has 0 saturated carbocycles. The van der Waals surface area contributed by atoms with E-state index >= 15 is 0 Å². The molecule has 1 amide bonds.